The summed E-state index contributed by atoms with van der Waals surface area (Å²) < 4.78 is 0. The number of carbonyl (C=O) groups excluding carboxylic acids is 1. The van der Waals surface area contributed by atoms with Crippen LogP contribution in [0.5, 0.6) is 0 Å². The lowest BCUT2D eigenvalue weighted by atomic mass is 10.1. The number of amides is 1. The number of anilines is 2. The van der Waals surface area contributed by atoms with Gasteiger partial charge in [0.1, 0.15) is 11.5 Å². The quantitative estimate of drug-likeness (QED) is 0.843. The lowest BCUT2D eigenvalue weighted by Gasteiger charge is -2.08. The van der Waals surface area contributed by atoms with E-state index in [1.54, 1.807) is 18.2 Å². The number of rotatable bonds is 2. The molecule has 0 aliphatic heterocycles. The van der Waals surface area contributed by atoms with E-state index in [9.17, 15) is 4.79 Å². The van der Waals surface area contributed by atoms with Gasteiger partial charge in [0.2, 0.25) is 0 Å². The molecule has 0 unspecified atom stereocenters. The summed E-state index contributed by atoms with van der Waals surface area (Å²) in [7, 11) is 0. The number of carbonyl (C=O) groups is 1. The van der Waals surface area contributed by atoms with Crippen molar-refractivity contribution in [1.82, 2.24) is 9.97 Å². The SMILES string of the molecule is Cc1ccc(C#N)cc1NC(=O)c1cncc(N)n1. The van der Waals surface area contributed by atoms with Crippen molar-refractivity contribution in [3.05, 3.63) is 47.4 Å². The largest absolute Gasteiger partial charge is 0.382 e. The van der Waals surface area contributed by atoms with Gasteiger partial charge >= 0.3 is 0 Å². The molecular weight excluding hydrogens is 242 g/mol. The normalized spacial score (nSPS) is 9.68. The van der Waals surface area contributed by atoms with Crippen molar-refractivity contribution < 1.29 is 4.79 Å². The molecule has 0 spiro atoms. The molecule has 0 saturated heterocycles. The van der Waals surface area contributed by atoms with E-state index in [1.165, 1.54) is 12.4 Å². The molecule has 0 atom stereocenters. The zero-order chi connectivity index (χ0) is 13.8. The summed E-state index contributed by atoms with van der Waals surface area (Å²) in [5, 5.41) is 11.5. The molecule has 0 aliphatic rings. The predicted molar refractivity (Wildman–Crippen MR) is 70.3 cm³/mol. The monoisotopic (exact) mass is 253 g/mol. The van der Waals surface area contributed by atoms with Gasteiger partial charge < -0.3 is 11.1 Å². The Labute approximate surface area is 109 Å². The van der Waals surface area contributed by atoms with Crippen LogP contribution in [0.3, 0.4) is 0 Å². The molecule has 6 heteroatoms. The Kier molecular flexibility index (Phi) is 3.39. The Morgan fingerprint density at radius 3 is 2.89 bits per heavy atom. The van der Waals surface area contributed by atoms with Crippen LogP contribution in [-0.2, 0) is 0 Å². The summed E-state index contributed by atoms with van der Waals surface area (Å²) in [5.74, 6) is -0.242. The molecule has 0 saturated carbocycles. The van der Waals surface area contributed by atoms with Crippen LogP contribution in [0.15, 0.2) is 30.6 Å². The summed E-state index contributed by atoms with van der Waals surface area (Å²) in [6.07, 6.45) is 2.69. The predicted octanol–water partition coefficient (Wildman–Crippen LogP) is 1.49. The van der Waals surface area contributed by atoms with Gasteiger partial charge in [-0.15, -0.1) is 0 Å². The Balaban J connectivity index is 2.27. The van der Waals surface area contributed by atoms with E-state index in [0.29, 0.717) is 11.3 Å². The highest BCUT2D eigenvalue weighted by Gasteiger charge is 2.10. The summed E-state index contributed by atoms with van der Waals surface area (Å²) in [6.45, 7) is 1.84. The molecule has 0 radical (unpaired) electrons. The zero-order valence-electron chi connectivity index (χ0n) is 10.2. The average Bonchev–Trinajstić information content (AvgIpc) is 2.41. The van der Waals surface area contributed by atoms with Gasteiger partial charge in [0.05, 0.1) is 24.0 Å². The number of benzene rings is 1. The number of hydrogen-bond acceptors (Lipinski definition) is 5. The van der Waals surface area contributed by atoms with E-state index in [-0.39, 0.29) is 11.5 Å². The molecule has 19 heavy (non-hydrogen) atoms. The third kappa shape index (κ3) is 2.84. The number of aromatic nitrogens is 2. The number of nitrogens with one attached hydrogen (secondary N) is 1. The van der Waals surface area contributed by atoms with E-state index in [2.05, 4.69) is 15.3 Å². The lowest BCUT2D eigenvalue weighted by Crippen LogP contribution is -2.15. The van der Waals surface area contributed by atoms with Crippen LogP contribution >= 0.6 is 0 Å². The molecule has 1 amide bonds. The number of nitriles is 1. The maximum absolute atomic E-state index is 12.0. The molecule has 0 aliphatic carbocycles. The molecule has 2 rings (SSSR count). The number of nitrogens with two attached hydrogens (primary N) is 1. The smallest absolute Gasteiger partial charge is 0.275 e. The van der Waals surface area contributed by atoms with Gasteiger partial charge in [-0.1, -0.05) is 6.07 Å². The van der Waals surface area contributed by atoms with E-state index in [0.717, 1.165) is 5.56 Å². The van der Waals surface area contributed by atoms with Gasteiger partial charge in [0.25, 0.3) is 5.91 Å². The average molecular weight is 253 g/mol. The van der Waals surface area contributed by atoms with Crippen molar-refractivity contribution in [1.29, 1.82) is 5.26 Å². The van der Waals surface area contributed by atoms with Crippen molar-refractivity contribution in [3.63, 3.8) is 0 Å². The first-order chi connectivity index (χ1) is 9.10. The molecule has 3 N–H and O–H groups in total. The molecule has 0 fully saturated rings. The van der Waals surface area contributed by atoms with Crippen LogP contribution in [0.2, 0.25) is 0 Å². The molecule has 1 aromatic carbocycles. The fourth-order valence-corrected chi connectivity index (χ4v) is 1.50. The van der Waals surface area contributed by atoms with Crippen LogP contribution in [-0.4, -0.2) is 15.9 Å². The van der Waals surface area contributed by atoms with Crippen LogP contribution < -0.4 is 11.1 Å². The molecule has 1 heterocycles. The highest BCUT2D eigenvalue weighted by atomic mass is 16.1. The number of nitrogens with zero attached hydrogens (tertiary/aromatic N) is 3. The van der Waals surface area contributed by atoms with Crippen LogP contribution in [0.25, 0.3) is 0 Å². The summed E-state index contributed by atoms with van der Waals surface area (Å²) in [5.41, 5.74) is 7.48. The maximum atomic E-state index is 12.0. The third-order valence-corrected chi connectivity index (χ3v) is 2.50. The van der Waals surface area contributed by atoms with Gasteiger partial charge in [-0.2, -0.15) is 5.26 Å². The Morgan fingerprint density at radius 2 is 2.21 bits per heavy atom. The molecule has 1 aromatic heterocycles. The third-order valence-electron chi connectivity index (χ3n) is 2.50. The lowest BCUT2D eigenvalue weighted by molar-refractivity contribution is 0.102. The molecule has 94 valence electrons. The Bertz CT molecular complexity index is 675. The molecule has 6 nitrogen and oxygen atoms in total. The first kappa shape index (κ1) is 12.5. The second-order valence-corrected chi connectivity index (χ2v) is 3.92. The minimum absolute atomic E-state index is 0.127. The van der Waals surface area contributed by atoms with Crippen molar-refractivity contribution >= 4 is 17.4 Å². The van der Waals surface area contributed by atoms with Crippen LogP contribution in [0.4, 0.5) is 11.5 Å². The number of aryl methyl sites for hydroxylation is 1. The first-order valence-electron chi connectivity index (χ1n) is 5.50. The van der Waals surface area contributed by atoms with Crippen LogP contribution in [0, 0.1) is 18.3 Å². The van der Waals surface area contributed by atoms with Crippen molar-refractivity contribution in [3.8, 4) is 6.07 Å². The van der Waals surface area contributed by atoms with E-state index < -0.39 is 5.91 Å². The topological polar surface area (TPSA) is 105 Å². The van der Waals surface area contributed by atoms with Gasteiger partial charge in [-0.3, -0.25) is 9.78 Å². The Hall–Kier alpha value is -2.94. The van der Waals surface area contributed by atoms with Crippen molar-refractivity contribution in [2.45, 2.75) is 6.92 Å². The van der Waals surface area contributed by atoms with Gasteiger partial charge in [-0.25, -0.2) is 4.98 Å². The summed E-state index contributed by atoms with van der Waals surface area (Å²) >= 11 is 0. The van der Waals surface area contributed by atoms with E-state index in [4.69, 9.17) is 11.0 Å². The second kappa shape index (κ2) is 5.14. The minimum atomic E-state index is -0.419. The highest BCUT2D eigenvalue weighted by molar-refractivity contribution is 6.03. The fourth-order valence-electron chi connectivity index (χ4n) is 1.50. The van der Waals surface area contributed by atoms with E-state index >= 15 is 0 Å². The molecule has 2 aromatic rings. The van der Waals surface area contributed by atoms with Crippen molar-refractivity contribution in [2.24, 2.45) is 0 Å². The minimum Gasteiger partial charge on any atom is -0.382 e. The number of nitrogen functional groups attached to an aromatic ring is 1. The number of hydrogen-bond donors (Lipinski definition) is 2. The highest BCUT2D eigenvalue weighted by Crippen LogP contribution is 2.17. The van der Waals surface area contributed by atoms with Crippen LogP contribution in [0.1, 0.15) is 21.6 Å². The standard InChI is InChI=1S/C13H11N5O/c1-8-2-3-9(5-14)4-10(8)18-13(19)11-6-16-7-12(15)17-11/h2-4,6-7H,1H3,(H2,15,17)(H,18,19). The fraction of sp³-hybridized carbons (Fsp3) is 0.0769. The summed E-state index contributed by atoms with van der Waals surface area (Å²) in [6, 6.07) is 7.07. The van der Waals surface area contributed by atoms with E-state index in [1.807, 2.05) is 13.0 Å². The zero-order valence-corrected chi connectivity index (χ0v) is 10.2. The second-order valence-electron chi connectivity index (χ2n) is 3.92. The Morgan fingerprint density at radius 1 is 1.42 bits per heavy atom. The maximum Gasteiger partial charge on any atom is 0.275 e. The van der Waals surface area contributed by atoms with Gasteiger partial charge in [0, 0.05) is 5.69 Å². The molecule has 0 bridgehead atoms. The molecular formula is C13H11N5O. The summed E-state index contributed by atoms with van der Waals surface area (Å²) in [4.78, 5) is 19.6. The van der Waals surface area contributed by atoms with Crippen molar-refractivity contribution in [2.75, 3.05) is 11.1 Å². The van der Waals surface area contributed by atoms with Gasteiger partial charge in [-0.05, 0) is 24.6 Å². The van der Waals surface area contributed by atoms with Gasteiger partial charge in [0.15, 0.2) is 0 Å². The first-order valence-corrected chi connectivity index (χ1v) is 5.50.